The van der Waals surface area contributed by atoms with E-state index in [0.717, 1.165) is 0 Å². The lowest BCUT2D eigenvalue weighted by atomic mass is 10.1. The van der Waals surface area contributed by atoms with Crippen LogP contribution in [0.25, 0.3) is 0 Å². The number of carbonyl (C=O) groups is 1. The number of aliphatic hydroxyl groups is 1. The zero-order valence-electron chi connectivity index (χ0n) is 14.5. The summed E-state index contributed by atoms with van der Waals surface area (Å²) in [6.07, 6.45) is -0.758. The Morgan fingerprint density at radius 2 is 2.12 bits per heavy atom. The first-order chi connectivity index (χ1) is 12.2. The van der Waals surface area contributed by atoms with Crippen molar-refractivity contribution in [2.24, 2.45) is 7.05 Å². The highest BCUT2D eigenvalue weighted by Crippen LogP contribution is 2.25. The summed E-state index contributed by atoms with van der Waals surface area (Å²) in [6.45, 7) is 2.98. The Morgan fingerprint density at radius 3 is 2.73 bits per heavy atom. The second-order valence-electron chi connectivity index (χ2n) is 5.79. The van der Waals surface area contributed by atoms with Crippen LogP contribution in [0.1, 0.15) is 22.8 Å². The summed E-state index contributed by atoms with van der Waals surface area (Å²) in [4.78, 5) is 29.6. The molecule has 0 unspecified atom stereocenters. The van der Waals surface area contributed by atoms with E-state index < -0.39 is 17.8 Å². The Kier molecular flexibility index (Phi) is 6.52. The molecule has 0 aliphatic carbocycles. The molecule has 2 rings (SSSR count). The molecule has 0 fully saturated rings. The minimum absolute atomic E-state index is 0.0949. The number of aryl methyl sites for hydroxylation is 1. The highest BCUT2D eigenvalue weighted by atomic mass is 79.9. The molecule has 3 N–H and O–H groups in total. The van der Waals surface area contributed by atoms with E-state index in [4.69, 9.17) is 4.84 Å². The Bertz CT molecular complexity index is 883. The molecule has 0 radical (unpaired) electrons. The van der Waals surface area contributed by atoms with Crippen LogP contribution in [0.15, 0.2) is 33.5 Å². The summed E-state index contributed by atoms with van der Waals surface area (Å²) in [7, 11) is 1.47. The maximum Gasteiger partial charge on any atom is 0.278 e. The van der Waals surface area contributed by atoms with Crippen molar-refractivity contribution in [1.82, 2.24) is 10.0 Å². The summed E-state index contributed by atoms with van der Waals surface area (Å²) < 4.78 is 15.9. The number of aromatic nitrogens is 1. The monoisotopic (exact) mass is 427 g/mol. The lowest BCUT2D eigenvalue weighted by molar-refractivity contribution is -0.00685. The number of halogens is 2. The fourth-order valence-electron chi connectivity index (χ4n) is 2.22. The van der Waals surface area contributed by atoms with Crippen LogP contribution >= 0.6 is 15.9 Å². The number of rotatable bonds is 6. The van der Waals surface area contributed by atoms with Gasteiger partial charge in [0, 0.05) is 17.1 Å². The Hall–Kier alpha value is -2.23. The summed E-state index contributed by atoms with van der Waals surface area (Å²) in [5.74, 6) is -1.08. The third-order valence-electron chi connectivity index (χ3n) is 3.51. The highest BCUT2D eigenvalue weighted by molar-refractivity contribution is 9.10. The lowest BCUT2D eigenvalue weighted by Gasteiger charge is -2.17. The molecule has 0 saturated carbocycles. The predicted molar refractivity (Wildman–Crippen MR) is 98.9 cm³/mol. The highest BCUT2D eigenvalue weighted by Gasteiger charge is 2.18. The van der Waals surface area contributed by atoms with E-state index in [1.807, 2.05) is 0 Å². The zero-order valence-corrected chi connectivity index (χ0v) is 16.1. The van der Waals surface area contributed by atoms with Gasteiger partial charge in [0.1, 0.15) is 18.2 Å². The fourth-order valence-corrected chi connectivity index (χ4v) is 2.55. The molecule has 0 aliphatic heterocycles. The first-order valence-corrected chi connectivity index (χ1v) is 8.53. The van der Waals surface area contributed by atoms with Crippen molar-refractivity contribution in [3.63, 3.8) is 0 Å². The van der Waals surface area contributed by atoms with Crippen molar-refractivity contribution in [2.75, 3.05) is 11.9 Å². The summed E-state index contributed by atoms with van der Waals surface area (Å²) in [5, 5.41) is 12.0. The Balaban J connectivity index is 2.41. The normalized spacial score (nSPS) is 11.9. The minimum atomic E-state index is -0.758. The number of nitrogens with zero attached hydrogens (tertiary/aromatic N) is 1. The molecule has 1 atom stereocenters. The predicted octanol–water partition coefficient (Wildman–Crippen LogP) is 2.38. The van der Waals surface area contributed by atoms with Gasteiger partial charge in [-0.15, -0.1) is 0 Å². The van der Waals surface area contributed by atoms with Gasteiger partial charge < -0.3 is 10.4 Å². The van der Waals surface area contributed by atoms with Crippen molar-refractivity contribution in [3.8, 4) is 0 Å². The van der Waals surface area contributed by atoms with E-state index >= 15 is 0 Å². The van der Waals surface area contributed by atoms with Crippen molar-refractivity contribution in [3.05, 3.63) is 56.0 Å². The van der Waals surface area contributed by atoms with E-state index in [1.54, 1.807) is 13.0 Å². The summed E-state index contributed by atoms with van der Waals surface area (Å²) >= 11 is 3.17. The molecular formula is C17H19BrFN3O4. The molecule has 1 aromatic heterocycles. The van der Waals surface area contributed by atoms with Crippen LogP contribution in [0.5, 0.6) is 0 Å². The molecule has 2 aromatic rings. The molecular weight excluding hydrogens is 409 g/mol. The second kappa shape index (κ2) is 8.43. The molecule has 7 nitrogen and oxygen atoms in total. The molecule has 140 valence electrons. The van der Waals surface area contributed by atoms with Gasteiger partial charge >= 0.3 is 0 Å². The molecule has 0 aliphatic rings. The van der Waals surface area contributed by atoms with E-state index in [1.165, 1.54) is 36.7 Å². The molecule has 9 heteroatoms. The third-order valence-corrected chi connectivity index (χ3v) is 4.00. The van der Waals surface area contributed by atoms with Gasteiger partial charge in [0.2, 0.25) is 0 Å². The number of hydrogen-bond acceptors (Lipinski definition) is 5. The van der Waals surface area contributed by atoms with Gasteiger partial charge in [-0.3, -0.25) is 19.0 Å². The summed E-state index contributed by atoms with van der Waals surface area (Å²) in [6, 6.07) is 5.77. The first-order valence-electron chi connectivity index (χ1n) is 7.73. The number of carbonyl (C=O) groups excluding carboxylic acids is 1. The maximum atomic E-state index is 14.1. The Labute approximate surface area is 157 Å². The molecule has 0 saturated heterocycles. The number of hydroxylamine groups is 1. The number of benzene rings is 1. The molecule has 0 bridgehead atoms. The molecule has 0 spiro atoms. The van der Waals surface area contributed by atoms with Crippen LogP contribution in [0.3, 0.4) is 0 Å². The average molecular weight is 428 g/mol. The fraction of sp³-hybridized carbons (Fsp3) is 0.294. The molecule has 1 amide bonds. The van der Waals surface area contributed by atoms with Gasteiger partial charge in [0.25, 0.3) is 11.5 Å². The van der Waals surface area contributed by atoms with Crippen molar-refractivity contribution in [1.29, 1.82) is 0 Å². The number of hydrogen-bond donors (Lipinski definition) is 3. The van der Waals surface area contributed by atoms with Gasteiger partial charge in [-0.25, -0.2) is 9.87 Å². The zero-order chi connectivity index (χ0) is 19.4. The lowest BCUT2D eigenvalue weighted by Crippen LogP contribution is -2.31. The average Bonchev–Trinajstić information content (AvgIpc) is 2.56. The smallest absolute Gasteiger partial charge is 0.278 e. The molecule has 1 aromatic carbocycles. The van der Waals surface area contributed by atoms with E-state index in [2.05, 4.69) is 26.7 Å². The van der Waals surface area contributed by atoms with Crippen molar-refractivity contribution >= 4 is 33.3 Å². The second-order valence-corrected chi connectivity index (χ2v) is 6.71. The number of anilines is 2. The van der Waals surface area contributed by atoms with E-state index in [9.17, 15) is 19.1 Å². The minimum Gasteiger partial charge on any atom is -0.391 e. The number of amides is 1. The topological polar surface area (TPSA) is 92.6 Å². The standard InChI is InChI=1S/C17H19BrFN3O4/c1-9-6-12(16(24)21-26-8-10(2)23)15(22(3)17(9)25)20-14-5-4-11(18)7-13(14)19/h4-7,10,20,23H,8H2,1-3H3,(H,21,24)/t10-/m0/s1. The van der Waals surface area contributed by atoms with Gasteiger partial charge in [0.15, 0.2) is 0 Å². The largest absolute Gasteiger partial charge is 0.391 e. The van der Waals surface area contributed by atoms with E-state index in [0.29, 0.717) is 10.0 Å². The molecule has 26 heavy (non-hydrogen) atoms. The quantitative estimate of drug-likeness (QED) is 0.615. The maximum absolute atomic E-state index is 14.1. The third kappa shape index (κ3) is 4.69. The van der Waals surface area contributed by atoms with Gasteiger partial charge in [-0.1, -0.05) is 15.9 Å². The van der Waals surface area contributed by atoms with Crippen LogP contribution in [0.4, 0.5) is 15.9 Å². The van der Waals surface area contributed by atoms with Crippen LogP contribution < -0.4 is 16.4 Å². The van der Waals surface area contributed by atoms with Crippen molar-refractivity contribution < 1.29 is 19.1 Å². The molecule has 1 heterocycles. The van der Waals surface area contributed by atoms with Gasteiger partial charge in [-0.05, 0) is 38.1 Å². The van der Waals surface area contributed by atoms with Crippen LogP contribution in [0, 0.1) is 12.7 Å². The summed E-state index contributed by atoms with van der Waals surface area (Å²) in [5.41, 5.74) is 2.41. The first kappa shape index (κ1) is 20.1. The van der Waals surface area contributed by atoms with Crippen LogP contribution in [0.2, 0.25) is 0 Å². The van der Waals surface area contributed by atoms with Crippen LogP contribution in [-0.2, 0) is 11.9 Å². The van der Waals surface area contributed by atoms with Gasteiger partial charge in [0.05, 0.1) is 17.4 Å². The van der Waals surface area contributed by atoms with Crippen molar-refractivity contribution in [2.45, 2.75) is 20.0 Å². The van der Waals surface area contributed by atoms with Gasteiger partial charge in [-0.2, -0.15) is 0 Å². The SMILES string of the molecule is Cc1cc(C(=O)NOC[C@H](C)O)c(Nc2ccc(Br)cc2F)n(C)c1=O. The number of aliphatic hydroxyl groups excluding tert-OH is 1. The van der Waals surface area contributed by atoms with E-state index in [-0.39, 0.29) is 29.2 Å². The van der Waals surface area contributed by atoms with Crippen LogP contribution in [-0.4, -0.2) is 28.3 Å². The number of nitrogens with one attached hydrogen (secondary N) is 2. The number of pyridine rings is 1. The Morgan fingerprint density at radius 1 is 1.42 bits per heavy atom.